The van der Waals surface area contributed by atoms with Crippen LogP contribution in [0, 0.1) is 5.92 Å². The third kappa shape index (κ3) is 2.98. The predicted octanol–water partition coefficient (Wildman–Crippen LogP) is -2.44. The van der Waals surface area contributed by atoms with Gasteiger partial charge >= 0.3 is 5.69 Å². The van der Waals surface area contributed by atoms with E-state index >= 15 is 0 Å². The predicted molar refractivity (Wildman–Crippen MR) is 70.6 cm³/mol. The molecule has 20 heavy (non-hydrogen) atoms. The molecule has 0 saturated carbocycles. The fourth-order valence-electron chi connectivity index (χ4n) is 2.61. The Balaban J connectivity index is 2.16. The van der Waals surface area contributed by atoms with Crippen LogP contribution < -0.4 is 16.6 Å². The van der Waals surface area contributed by atoms with Crippen molar-refractivity contribution in [2.24, 2.45) is 5.92 Å². The van der Waals surface area contributed by atoms with Gasteiger partial charge in [-0.05, 0) is 6.42 Å². The average Bonchev–Trinajstić information content (AvgIpc) is 2.42. The van der Waals surface area contributed by atoms with Crippen molar-refractivity contribution in [2.75, 3.05) is 20.3 Å². The molecule has 1 aliphatic rings. The molecule has 8 heteroatoms. The van der Waals surface area contributed by atoms with Gasteiger partial charge in [0.25, 0.3) is 5.56 Å². The van der Waals surface area contributed by atoms with Gasteiger partial charge in [0.1, 0.15) is 0 Å². The molecule has 2 heterocycles. The van der Waals surface area contributed by atoms with Crippen LogP contribution in [0.15, 0.2) is 15.8 Å². The highest BCUT2D eigenvalue weighted by Gasteiger charge is 2.38. The Labute approximate surface area is 114 Å². The highest BCUT2D eigenvalue weighted by atomic mass is 16.5. The second-order valence-electron chi connectivity index (χ2n) is 4.95. The summed E-state index contributed by atoms with van der Waals surface area (Å²) in [5.41, 5.74) is -0.570. The number of rotatable bonds is 4. The van der Waals surface area contributed by atoms with Gasteiger partial charge in [-0.15, -0.1) is 0 Å². The van der Waals surface area contributed by atoms with Gasteiger partial charge in [0.05, 0.1) is 24.9 Å². The van der Waals surface area contributed by atoms with E-state index in [2.05, 4.69) is 15.3 Å². The maximum absolute atomic E-state index is 11.7. The van der Waals surface area contributed by atoms with Gasteiger partial charge in [-0.1, -0.05) is 0 Å². The number of aliphatic hydroxyl groups is 2. The van der Waals surface area contributed by atoms with Gasteiger partial charge in [0, 0.05) is 31.3 Å². The van der Waals surface area contributed by atoms with Crippen molar-refractivity contribution < 1.29 is 14.9 Å². The zero-order valence-electron chi connectivity index (χ0n) is 11.1. The minimum Gasteiger partial charge on any atom is -0.395 e. The molecule has 0 amide bonds. The number of aromatic nitrogens is 2. The molecule has 0 aliphatic carbocycles. The Morgan fingerprint density at radius 3 is 2.80 bits per heavy atom. The number of aromatic amines is 2. The fraction of sp³-hybridized carbons (Fsp3) is 0.667. The van der Waals surface area contributed by atoms with Gasteiger partial charge in [-0.25, -0.2) is 4.79 Å². The lowest BCUT2D eigenvalue weighted by atomic mass is 9.85. The van der Waals surface area contributed by atoms with E-state index in [-0.39, 0.29) is 12.5 Å². The van der Waals surface area contributed by atoms with E-state index in [1.54, 1.807) is 0 Å². The third-order valence-corrected chi connectivity index (χ3v) is 3.70. The number of piperidine rings is 1. The molecular formula is C12H19N3O5. The van der Waals surface area contributed by atoms with Crippen LogP contribution in [-0.2, 0) is 11.2 Å². The van der Waals surface area contributed by atoms with Crippen LogP contribution in [0.2, 0.25) is 0 Å². The first-order valence-electron chi connectivity index (χ1n) is 6.42. The maximum atomic E-state index is 11.7. The molecule has 1 aromatic heterocycles. The summed E-state index contributed by atoms with van der Waals surface area (Å²) >= 11 is 0. The largest absolute Gasteiger partial charge is 0.395 e. The lowest BCUT2D eigenvalue weighted by Crippen LogP contribution is -2.59. The first-order valence-corrected chi connectivity index (χ1v) is 6.42. The van der Waals surface area contributed by atoms with E-state index in [1.165, 1.54) is 13.3 Å². The van der Waals surface area contributed by atoms with Gasteiger partial charge in [0.2, 0.25) is 0 Å². The molecule has 1 aliphatic heterocycles. The zero-order chi connectivity index (χ0) is 14.7. The topological polar surface area (TPSA) is 127 Å². The van der Waals surface area contributed by atoms with Crippen LogP contribution >= 0.6 is 0 Å². The first-order chi connectivity index (χ1) is 9.56. The van der Waals surface area contributed by atoms with Crippen molar-refractivity contribution >= 4 is 0 Å². The van der Waals surface area contributed by atoms with Crippen molar-refractivity contribution in [1.29, 1.82) is 0 Å². The summed E-state index contributed by atoms with van der Waals surface area (Å²) < 4.78 is 5.30. The molecular weight excluding hydrogens is 266 g/mol. The smallest absolute Gasteiger partial charge is 0.325 e. The third-order valence-electron chi connectivity index (χ3n) is 3.70. The van der Waals surface area contributed by atoms with E-state index in [4.69, 9.17) is 9.84 Å². The normalized spacial score (nSPS) is 30.4. The van der Waals surface area contributed by atoms with Crippen molar-refractivity contribution in [2.45, 2.75) is 24.7 Å². The van der Waals surface area contributed by atoms with Crippen molar-refractivity contribution in [3.8, 4) is 0 Å². The van der Waals surface area contributed by atoms with Crippen LogP contribution in [0.1, 0.15) is 5.56 Å². The fourth-order valence-corrected chi connectivity index (χ4v) is 2.61. The molecule has 0 radical (unpaired) electrons. The van der Waals surface area contributed by atoms with Gasteiger partial charge in [0.15, 0.2) is 0 Å². The highest BCUT2D eigenvalue weighted by Crippen LogP contribution is 2.21. The van der Waals surface area contributed by atoms with Crippen molar-refractivity contribution in [1.82, 2.24) is 15.3 Å². The molecule has 8 nitrogen and oxygen atoms in total. The molecule has 5 N–H and O–H groups in total. The number of aliphatic hydroxyl groups excluding tert-OH is 2. The molecule has 0 bridgehead atoms. The summed E-state index contributed by atoms with van der Waals surface area (Å²) in [4.78, 5) is 27.2. The summed E-state index contributed by atoms with van der Waals surface area (Å²) in [6.45, 7) is 0.312. The molecule has 1 saturated heterocycles. The molecule has 112 valence electrons. The van der Waals surface area contributed by atoms with Crippen molar-refractivity contribution in [3.05, 3.63) is 32.6 Å². The molecule has 4 atom stereocenters. The van der Waals surface area contributed by atoms with E-state index in [0.29, 0.717) is 18.5 Å². The first kappa shape index (κ1) is 14.9. The second kappa shape index (κ2) is 6.31. The van der Waals surface area contributed by atoms with Crippen LogP contribution in [0.4, 0.5) is 0 Å². The Morgan fingerprint density at radius 2 is 2.20 bits per heavy atom. The number of hydrogen-bond acceptors (Lipinski definition) is 6. The number of hydrogen-bond donors (Lipinski definition) is 5. The SMILES string of the molecule is CO[C@@H]1[C@H](Cc2c[nH]c(=O)[nH]c2=O)CN[C@H](CO)[C@H]1O. The van der Waals surface area contributed by atoms with E-state index in [1.807, 2.05) is 0 Å². The summed E-state index contributed by atoms with van der Waals surface area (Å²) in [7, 11) is 1.48. The quantitative estimate of drug-likeness (QED) is 0.418. The maximum Gasteiger partial charge on any atom is 0.325 e. The minimum absolute atomic E-state index is 0.134. The molecule has 0 unspecified atom stereocenters. The van der Waals surface area contributed by atoms with E-state index in [0.717, 1.165) is 0 Å². The second-order valence-corrected chi connectivity index (χ2v) is 4.95. The number of methoxy groups -OCH3 is 1. The summed E-state index contributed by atoms with van der Waals surface area (Å²) in [6.07, 6.45) is 0.385. The van der Waals surface area contributed by atoms with Crippen LogP contribution in [0.5, 0.6) is 0 Å². The number of ether oxygens (including phenoxy) is 1. The van der Waals surface area contributed by atoms with Crippen LogP contribution in [0.25, 0.3) is 0 Å². The standard InChI is InChI=1S/C12H19N3O5/c1-20-10-6(3-13-8(5-16)9(10)17)2-7-4-14-12(19)15-11(7)18/h4,6,8-10,13,16-17H,2-3,5H2,1H3,(H2,14,15,18,19)/t6-,8-,9-,10-/m1/s1. The number of H-pyrrole nitrogens is 2. The van der Waals surface area contributed by atoms with E-state index in [9.17, 15) is 14.7 Å². The van der Waals surface area contributed by atoms with Crippen LogP contribution in [-0.4, -0.2) is 58.7 Å². The molecule has 0 spiro atoms. The molecule has 1 fully saturated rings. The minimum atomic E-state index is -0.856. The summed E-state index contributed by atoms with van der Waals surface area (Å²) in [6, 6.07) is -0.440. The van der Waals surface area contributed by atoms with Gasteiger partial charge < -0.3 is 25.3 Å². The van der Waals surface area contributed by atoms with E-state index < -0.39 is 29.5 Å². The Kier molecular flexibility index (Phi) is 4.71. The number of nitrogens with one attached hydrogen (secondary N) is 3. The Hall–Kier alpha value is -1.48. The Bertz CT molecular complexity index is 555. The lowest BCUT2D eigenvalue weighted by Gasteiger charge is -2.39. The zero-order valence-corrected chi connectivity index (χ0v) is 11.1. The lowest BCUT2D eigenvalue weighted by molar-refractivity contribution is -0.0883. The van der Waals surface area contributed by atoms with Gasteiger partial charge in [-0.2, -0.15) is 0 Å². The highest BCUT2D eigenvalue weighted by molar-refractivity contribution is 5.07. The monoisotopic (exact) mass is 285 g/mol. The summed E-state index contributed by atoms with van der Waals surface area (Å²) in [5.74, 6) is -0.134. The van der Waals surface area contributed by atoms with Crippen LogP contribution in [0.3, 0.4) is 0 Å². The summed E-state index contributed by atoms with van der Waals surface area (Å²) in [5, 5.41) is 22.3. The Morgan fingerprint density at radius 1 is 1.45 bits per heavy atom. The van der Waals surface area contributed by atoms with Gasteiger partial charge in [-0.3, -0.25) is 9.78 Å². The van der Waals surface area contributed by atoms with Crippen molar-refractivity contribution in [3.63, 3.8) is 0 Å². The molecule has 0 aromatic carbocycles. The molecule has 2 rings (SSSR count). The average molecular weight is 285 g/mol. The molecule has 1 aromatic rings.